The molecule has 3 aromatic rings. The molecular formula is C21H22N2O2S. The molecule has 0 aliphatic rings. The number of hydrogen-bond acceptors (Lipinski definition) is 3. The zero-order valence-electron chi connectivity index (χ0n) is 14.8. The Kier molecular flexibility index (Phi) is 5.49. The first kappa shape index (κ1) is 18.3. The van der Waals surface area contributed by atoms with Crippen LogP contribution in [0.4, 0.5) is 0 Å². The Balaban J connectivity index is 1.95. The van der Waals surface area contributed by atoms with E-state index in [2.05, 4.69) is 23.6 Å². The first-order valence-corrected chi connectivity index (χ1v) is 10.0. The lowest BCUT2D eigenvalue weighted by molar-refractivity contribution is 0.570. The first-order chi connectivity index (χ1) is 12.5. The van der Waals surface area contributed by atoms with E-state index in [1.54, 1.807) is 18.3 Å². The average molecular weight is 366 g/mol. The Morgan fingerprint density at radius 1 is 0.808 bits per heavy atom. The molecule has 2 aromatic carbocycles. The van der Waals surface area contributed by atoms with Gasteiger partial charge in [0.15, 0.2) is 0 Å². The zero-order chi connectivity index (χ0) is 18.6. The highest BCUT2D eigenvalue weighted by Crippen LogP contribution is 2.24. The van der Waals surface area contributed by atoms with Crippen molar-refractivity contribution < 1.29 is 8.42 Å². The standard InChI is InChI=1S/C21H22N2O2S/c1-16(2)17-11-13-19(14-12-17)26(24,25)23-21(18-8-4-3-5-9-18)20-10-6-7-15-22-20/h3-16,21,23H,1-2H3. The van der Waals surface area contributed by atoms with E-state index in [4.69, 9.17) is 0 Å². The van der Waals surface area contributed by atoms with E-state index in [1.807, 2.05) is 60.7 Å². The number of pyridine rings is 1. The van der Waals surface area contributed by atoms with Crippen LogP contribution in [0.15, 0.2) is 83.9 Å². The lowest BCUT2D eigenvalue weighted by Gasteiger charge is -2.19. The summed E-state index contributed by atoms with van der Waals surface area (Å²) in [5, 5.41) is 0. The summed E-state index contributed by atoms with van der Waals surface area (Å²) in [5.74, 6) is 0.352. The molecule has 0 saturated carbocycles. The van der Waals surface area contributed by atoms with Gasteiger partial charge < -0.3 is 0 Å². The molecule has 0 radical (unpaired) electrons. The second kappa shape index (κ2) is 7.81. The second-order valence-corrected chi connectivity index (χ2v) is 8.16. The average Bonchev–Trinajstić information content (AvgIpc) is 2.67. The number of benzene rings is 2. The third-order valence-corrected chi connectivity index (χ3v) is 5.69. The van der Waals surface area contributed by atoms with Gasteiger partial charge in [0.1, 0.15) is 0 Å². The van der Waals surface area contributed by atoms with E-state index in [9.17, 15) is 8.42 Å². The van der Waals surface area contributed by atoms with Crippen LogP contribution in [0.2, 0.25) is 0 Å². The van der Waals surface area contributed by atoms with Gasteiger partial charge in [0, 0.05) is 6.20 Å². The van der Waals surface area contributed by atoms with Crippen LogP contribution in [0.25, 0.3) is 0 Å². The summed E-state index contributed by atoms with van der Waals surface area (Å²) in [6.07, 6.45) is 1.66. The van der Waals surface area contributed by atoms with Crippen LogP contribution in [0.1, 0.15) is 42.6 Å². The summed E-state index contributed by atoms with van der Waals surface area (Å²) in [7, 11) is -3.69. The molecule has 1 atom stereocenters. The Morgan fingerprint density at radius 2 is 1.46 bits per heavy atom. The lowest BCUT2D eigenvalue weighted by Crippen LogP contribution is -2.30. The molecule has 1 unspecified atom stereocenters. The van der Waals surface area contributed by atoms with Gasteiger partial charge in [0.05, 0.1) is 16.6 Å². The van der Waals surface area contributed by atoms with Gasteiger partial charge in [0.25, 0.3) is 0 Å². The molecule has 0 aliphatic carbocycles. The minimum atomic E-state index is -3.69. The molecule has 1 aromatic heterocycles. The van der Waals surface area contributed by atoms with Crippen LogP contribution in [0, 0.1) is 0 Å². The molecule has 0 spiro atoms. The Bertz CT molecular complexity index is 899. The van der Waals surface area contributed by atoms with Crippen molar-refractivity contribution in [2.45, 2.75) is 30.7 Å². The predicted molar refractivity (Wildman–Crippen MR) is 103 cm³/mol. The fourth-order valence-electron chi connectivity index (χ4n) is 2.75. The van der Waals surface area contributed by atoms with E-state index >= 15 is 0 Å². The molecule has 5 heteroatoms. The predicted octanol–water partition coefficient (Wildman–Crippen LogP) is 4.27. The van der Waals surface area contributed by atoms with Gasteiger partial charge >= 0.3 is 0 Å². The van der Waals surface area contributed by atoms with E-state index in [0.717, 1.165) is 11.1 Å². The van der Waals surface area contributed by atoms with Crippen molar-refractivity contribution >= 4 is 10.0 Å². The zero-order valence-corrected chi connectivity index (χ0v) is 15.6. The minimum Gasteiger partial charge on any atom is -0.259 e. The third kappa shape index (κ3) is 4.18. The normalized spacial score (nSPS) is 12.9. The summed E-state index contributed by atoms with van der Waals surface area (Å²) >= 11 is 0. The van der Waals surface area contributed by atoms with E-state index < -0.39 is 16.1 Å². The topological polar surface area (TPSA) is 59.1 Å². The van der Waals surface area contributed by atoms with Gasteiger partial charge in [-0.05, 0) is 41.3 Å². The largest absolute Gasteiger partial charge is 0.259 e. The van der Waals surface area contributed by atoms with Crippen molar-refractivity contribution in [3.05, 3.63) is 95.8 Å². The van der Waals surface area contributed by atoms with Crippen molar-refractivity contribution in [2.24, 2.45) is 0 Å². The fourth-order valence-corrected chi connectivity index (χ4v) is 3.94. The van der Waals surface area contributed by atoms with Crippen molar-refractivity contribution in [3.8, 4) is 0 Å². The molecule has 1 N–H and O–H groups in total. The third-order valence-electron chi connectivity index (χ3n) is 4.25. The molecule has 1 heterocycles. The van der Waals surface area contributed by atoms with E-state index in [1.165, 1.54) is 0 Å². The molecule has 26 heavy (non-hydrogen) atoms. The number of sulfonamides is 1. The lowest BCUT2D eigenvalue weighted by atomic mass is 10.0. The quantitative estimate of drug-likeness (QED) is 0.709. The van der Waals surface area contributed by atoms with Crippen molar-refractivity contribution in [3.63, 3.8) is 0 Å². The summed E-state index contributed by atoms with van der Waals surface area (Å²) in [6.45, 7) is 4.16. The molecule has 0 fully saturated rings. The van der Waals surface area contributed by atoms with Gasteiger partial charge in [-0.3, -0.25) is 4.98 Å². The summed E-state index contributed by atoms with van der Waals surface area (Å²) < 4.78 is 28.7. The molecule has 0 aliphatic heterocycles. The molecular weight excluding hydrogens is 344 g/mol. The summed E-state index contributed by atoms with van der Waals surface area (Å²) in [6, 6.07) is 21.4. The van der Waals surface area contributed by atoms with Crippen LogP contribution < -0.4 is 4.72 Å². The monoisotopic (exact) mass is 366 g/mol. The summed E-state index contributed by atoms with van der Waals surface area (Å²) in [4.78, 5) is 4.59. The van der Waals surface area contributed by atoms with Crippen LogP contribution in [0.3, 0.4) is 0 Å². The maximum absolute atomic E-state index is 12.9. The maximum atomic E-state index is 12.9. The van der Waals surface area contributed by atoms with Crippen LogP contribution in [0.5, 0.6) is 0 Å². The molecule has 0 amide bonds. The van der Waals surface area contributed by atoms with E-state index in [-0.39, 0.29) is 4.90 Å². The Hall–Kier alpha value is -2.50. The molecule has 0 saturated heterocycles. The Labute approximate surface area is 155 Å². The van der Waals surface area contributed by atoms with Crippen molar-refractivity contribution in [1.82, 2.24) is 9.71 Å². The van der Waals surface area contributed by atoms with Gasteiger partial charge in [0.2, 0.25) is 10.0 Å². The Morgan fingerprint density at radius 3 is 2.04 bits per heavy atom. The van der Waals surface area contributed by atoms with Crippen LogP contribution in [-0.4, -0.2) is 13.4 Å². The van der Waals surface area contributed by atoms with Gasteiger partial charge in [-0.1, -0.05) is 62.4 Å². The molecule has 134 valence electrons. The highest BCUT2D eigenvalue weighted by molar-refractivity contribution is 7.89. The fraction of sp³-hybridized carbons (Fsp3) is 0.190. The van der Waals surface area contributed by atoms with Gasteiger partial charge in [-0.25, -0.2) is 8.42 Å². The van der Waals surface area contributed by atoms with Gasteiger partial charge in [-0.15, -0.1) is 0 Å². The van der Waals surface area contributed by atoms with Crippen LogP contribution >= 0.6 is 0 Å². The summed E-state index contributed by atoms with van der Waals surface area (Å²) in [5.41, 5.74) is 2.60. The smallest absolute Gasteiger partial charge is 0.241 e. The van der Waals surface area contributed by atoms with Crippen molar-refractivity contribution in [1.29, 1.82) is 0 Å². The molecule has 0 bridgehead atoms. The SMILES string of the molecule is CC(C)c1ccc(S(=O)(=O)NC(c2ccccc2)c2ccccn2)cc1. The first-order valence-electron chi connectivity index (χ1n) is 8.55. The number of rotatable bonds is 6. The van der Waals surface area contributed by atoms with Crippen LogP contribution in [-0.2, 0) is 10.0 Å². The maximum Gasteiger partial charge on any atom is 0.241 e. The number of nitrogens with one attached hydrogen (secondary N) is 1. The highest BCUT2D eigenvalue weighted by atomic mass is 32.2. The second-order valence-electron chi connectivity index (χ2n) is 6.44. The minimum absolute atomic E-state index is 0.249. The number of nitrogens with zero attached hydrogens (tertiary/aromatic N) is 1. The number of aromatic nitrogens is 1. The van der Waals surface area contributed by atoms with Crippen molar-refractivity contribution in [2.75, 3.05) is 0 Å². The van der Waals surface area contributed by atoms with Gasteiger partial charge in [-0.2, -0.15) is 4.72 Å². The van der Waals surface area contributed by atoms with E-state index in [0.29, 0.717) is 11.6 Å². The number of hydrogen-bond donors (Lipinski definition) is 1. The molecule has 4 nitrogen and oxygen atoms in total. The highest BCUT2D eigenvalue weighted by Gasteiger charge is 2.23. The molecule has 3 rings (SSSR count).